The molecule has 1 N–H and O–H groups in total. The van der Waals surface area contributed by atoms with E-state index in [2.05, 4.69) is 20.3 Å². The lowest BCUT2D eigenvalue weighted by Gasteiger charge is -2.22. The largest absolute Gasteiger partial charge is 0.444 e. The summed E-state index contributed by atoms with van der Waals surface area (Å²) in [6.07, 6.45) is 3.21. The molecule has 3 aromatic rings. The summed E-state index contributed by atoms with van der Waals surface area (Å²) < 4.78 is 5.62. The van der Waals surface area contributed by atoms with Crippen molar-refractivity contribution in [3.8, 4) is 11.5 Å². The van der Waals surface area contributed by atoms with Gasteiger partial charge in [-0.1, -0.05) is 32.0 Å². The maximum atomic E-state index is 12.4. The van der Waals surface area contributed by atoms with Gasteiger partial charge in [-0.3, -0.25) is 4.79 Å². The number of aromatic nitrogens is 3. The summed E-state index contributed by atoms with van der Waals surface area (Å²) in [6, 6.07) is 9.73. The van der Waals surface area contributed by atoms with Crippen molar-refractivity contribution in [1.82, 2.24) is 20.3 Å². The van der Waals surface area contributed by atoms with E-state index < -0.39 is 0 Å². The van der Waals surface area contributed by atoms with Gasteiger partial charge < -0.3 is 9.73 Å². The first-order valence-corrected chi connectivity index (χ1v) is 8.47. The maximum Gasteiger partial charge on any atom is 0.254 e. The van der Waals surface area contributed by atoms with Crippen molar-refractivity contribution >= 4 is 5.91 Å². The average molecular weight is 350 g/mol. The lowest BCUT2D eigenvalue weighted by molar-refractivity contribution is 0.0944. The zero-order chi connectivity index (χ0) is 18.7. The maximum absolute atomic E-state index is 12.4. The molecular formula is C20H22N4O2. The number of hydrogen-bond acceptors (Lipinski definition) is 5. The van der Waals surface area contributed by atoms with Crippen LogP contribution in [0.1, 0.15) is 41.4 Å². The molecule has 3 rings (SSSR count). The van der Waals surface area contributed by atoms with Crippen molar-refractivity contribution in [2.24, 2.45) is 0 Å². The molecule has 1 aromatic carbocycles. The van der Waals surface area contributed by atoms with Crippen LogP contribution in [-0.4, -0.2) is 27.4 Å². The molecule has 0 aliphatic heterocycles. The highest BCUT2D eigenvalue weighted by Gasteiger charge is 2.26. The molecule has 0 spiro atoms. The zero-order valence-electron chi connectivity index (χ0n) is 15.4. The third kappa shape index (κ3) is 3.79. The topological polar surface area (TPSA) is 80.9 Å². The van der Waals surface area contributed by atoms with E-state index in [0.717, 1.165) is 11.3 Å². The van der Waals surface area contributed by atoms with E-state index in [4.69, 9.17) is 4.42 Å². The first-order valence-electron chi connectivity index (χ1n) is 8.47. The van der Waals surface area contributed by atoms with Crippen LogP contribution >= 0.6 is 0 Å². The molecule has 6 heteroatoms. The van der Waals surface area contributed by atoms with Gasteiger partial charge in [0.1, 0.15) is 12.1 Å². The Bertz CT molecular complexity index is 917. The quantitative estimate of drug-likeness (QED) is 0.762. The van der Waals surface area contributed by atoms with Gasteiger partial charge in [0.15, 0.2) is 0 Å². The normalized spacial score (nSPS) is 11.4. The summed E-state index contributed by atoms with van der Waals surface area (Å²) in [7, 11) is 0. The smallest absolute Gasteiger partial charge is 0.254 e. The summed E-state index contributed by atoms with van der Waals surface area (Å²) in [4.78, 5) is 25.4. The Morgan fingerprint density at radius 2 is 1.88 bits per heavy atom. The molecule has 26 heavy (non-hydrogen) atoms. The number of nitrogens with one attached hydrogen (secondary N) is 1. The number of oxazole rings is 1. The Morgan fingerprint density at radius 1 is 1.15 bits per heavy atom. The molecule has 0 radical (unpaired) electrons. The number of hydrogen-bond donors (Lipinski definition) is 1. The van der Waals surface area contributed by atoms with E-state index in [0.29, 0.717) is 29.5 Å². The third-order valence-electron chi connectivity index (χ3n) is 4.25. The van der Waals surface area contributed by atoms with Crippen LogP contribution in [0, 0.1) is 13.8 Å². The number of nitrogens with zero attached hydrogens (tertiary/aromatic N) is 3. The van der Waals surface area contributed by atoms with E-state index in [1.54, 1.807) is 26.3 Å². The lowest BCUT2D eigenvalue weighted by atomic mass is 9.90. The minimum Gasteiger partial charge on any atom is -0.444 e. The zero-order valence-corrected chi connectivity index (χ0v) is 15.4. The van der Waals surface area contributed by atoms with Crippen LogP contribution in [0.15, 0.2) is 47.2 Å². The minimum atomic E-state index is -0.383. The number of rotatable bonds is 5. The predicted molar refractivity (Wildman–Crippen MR) is 98.8 cm³/mol. The molecule has 0 fully saturated rings. The van der Waals surface area contributed by atoms with E-state index in [-0.39, 0.29) is 11.3 Å². The van der Waals surface area contributed by atoms with Crippen molar-refractivity contribution in [2.75, 3.05) is 6.54 Å². The van der Waals surface area contributed by atoms with Gasteiger partial charge in [-0.15, -0.1) is 0 Å². The minimum absolute atomic E-state index is 0.192. The molecule has 2 heterocycles. The van der Waals surface area contributed by atoms with Crippen LogP contribution in [0.2, 0.25) is 0 Å². The first-order chi connectivity index (χ1) is 12.4. The van der Waals surface area contributed by atoms with Crippen molar-refractivity contribution in [1.29, 1.82) is 0 Å². The van der Waals surface area contributed by atoms with Gasteiger partial charge in [0.25, 0.3) is 5.91 Å². The van der Waals surface area contributed by atoms with E-state index >= 15 is 0 Å². The van der Waals surface area contributed by atoms with Crippen LogP contribution in [0.3, 0.4) is 0 Å². The fourth-order valence-corrected chi connectivity index (χ4v) is 2.59. The molecule has 0 unspecified atom stereocenters. The van der Waals surface area contributed by atoms with Gasteiger partial charge in [0.2, 0.25) is 5.89 Å². The molecule has 2 aromatic heterocycles. The Labute approximate surface area is 152 Å². The van der Waals surface area contributed by atoms with Crippen LogP contribution < -0.4 is 5.32 Å². The third-order valence-corrected chi connectivity index (χ3v) is 4.25. The number of carbonyl (C=O) groups excluding carboxylic acids is 1. The molecule has 0 saturated heterocycles. The summed E-state index contributed by atoms with van der Waals surface area (Å²) in [5.74, 6) is 1.03. The highest BCUT2D eigenvalue weighted by molar-refractivity contribution is 5.94. The molecule has 134 valence electrons. The van der Waals surface area contributed by atoms with E-state index in [1.165, 1.54) is 0 Å². The van der Waals surface area contributed by atoms with E-state index in [1.807, 2.05) is 44.2 Å². The number of amides is 1. The molecule has 0 aliphatic carbocycles. The second-order valence-electron chi connectivity index (χ2n) is 6.89. The second kappa shape index (κ2) is 7.07. The molecule has 6 nitrogen and oxygen atoms in total. The molecule has 0 saturated carbocycles. The molecular weight excluding hydrogens is 328 g/mol. The summed E-state index contributed by atoms with van der Waals surface area (Å²) >= 11 is 0. The van der Waals surface area contributed by atoms with E-state index in [9.17, 15) is 4.79 Å². The number of benzene rings is 1. The number of carbonyl (C=O) groups is 1. The highest BCUT2D eigenvalue weighted by Crippen LogP contribution is 2.26. The number of aryl methyl sites for hydroxylation is 2. The van der Waals surface area contributed by atoms with Crippen LogP contribution in [-0.2, 0) is 5.41 Å². The fraction of sp³-hybridized carbons (Fsp3) is 0.300. The van der Waals surface area contributed by atoms with Crippen LogP contribution in [0.25, 0.3) is 11.5 Å². The predicted octanol–water partition coefficient (Wildman–Crippen LogP) is 3.46. The van der Waals surface area contributed by atoms with Gasteiger partial charge in [-0.25, -0.2) is 15.0 Å². The first kappa shape index (κ1) is 17.8. The average Bonchev–Trinajstić information content (AvgIpc) is 3.12. The van der Waals surface area contributed by atoms with Gasteiger partial charge in [0.05, 0.1) is 17.0 Å². The van der Waals surface area contributed by atoms with Crippen molar-refractivity contribution in [3.05, 3.63) is 65.6 Å². The van der Waals surface area contributed by atoms with Gasteiger partial charge >= 0.3 is 0 Å². The van der Waals surface area contributed by atoms with Crippen LogP contribution in [0.4, 0.5) is 0 Å². The fourth-order valence-electron chi connectivity index (χ4n) is 2.59. The SMILES string of the molecule is Cc1ncc(C(=O)NCC(C)(C)c2coc(-c3ccccc3)n2)c(C)n1. The Kier molecular flexibility index (Phi) is 4.84. The molecule has 0 atom stereocenters. The van der Waals surface area contributed by atoms with Gasteiger partial charge in [-0.05, 0) is 26.0 Å². The molecule has 0 bridgehead atoms. The standard InChI is InChI=1S/C20H22N4O2/c1-13-16(10-21-14(2)23-13)18(25)22-12-20(3,4)17-11-26-19(24-17)15-8-6-5-7-9-15/h5-11H,12H2,1-4H3,(H,22,25). The van der Waals surface area contributed by atoms with Gasteiger partial charge in [-0.2, -0.15) is 0 Å². The van der Waals surface area contributed by atoms with Crippen LogP contribution in [0.5, 0.6) is 0 Å². The lowest BCUT2D eigenvalue weighted by Crippen LogP contribution is -2.37. The summed E-state index contributed by atoms with van der Waals surface area (Å²) in [5, 5.41) is 2.95. The van der Waals surface area contributed by atoms with Gasteiger partial charge in [0, 0.05) is 23.7 Å². The second-order valence-corrected chi connectivity index (χ2v) is 6.89. The summed E-state index contributed by atoms with van der Waals surface area (Å²) in [5.41, 5.74) is 2.47. The Morgan fingerprint density at radius 3 is 2.58 bits per heavy atom. The monoisotopic (exact) mass is 350 g/mol. The van der Waals surface area contributed by atoms with Crippen molar-refractivity contribution < 1.29 is 9.21 Å². The summed E-state index contributed by atoms with van der Waals surface area (Å²) in [6.45, 7) is 8.04. The molecule has 0 aliphatic rings. The Hall–Kier alpha value is -3.02. The van der Waals surface area contributed by atoms with Crippen molar-refractivity contribution in [3.63, 3.8) is 0 Å². The highest BCUT2D eigenvalue weighted by atomic mass is 16.3. The van der Waals surface area contributed by atoms with Crippen molar-refractivity contribution in [2.45, 2.75) is 33.1 Å². The Balaban J connectivity index is 1.71. The molecule has 1 amide bonds.